The van der Waals surface area contributed by atoms with Crippen LogP contribution in [0.5, 0.6) is 0 Å². The number of nitrogens with one attached hydrogen (secondary N) is 1. The van der Waals surface area contributed by atoms with E-state index < -0.39 is 23.0 Å². The minimum absolute atomic E-state index is 0.141. The van der Waals surface area contributed by atoms with Gasteiger partial charge in [-0.15, -0.1) is 11.3 Å². The number of aromatic carboxylic acids is 1. The number of hydrogen-bond donors (Lipinski definition) is 2. The van der Waals surface area contributed by atoms with E-state index >= 15 is 0 Å². The van der Waals surface area contributed by atoms with Crippen molar-refractivity contribution >= 4 is 23.2 Å². The van der Waals surface area contributed by atoms with Crippen LogP contribution in [0, 0.1) is 11.6 Å². The molecule has 2 aromatic rings. The molecule has 0 atom stereocenters. The minimum atomic E-state index is -1.14. The number of benzene rings is 1. The Morgan fingerprint density at radius 1 is 1.19 bits per heavy atom. The van der Waals surface area contributed by atoms with Crippen LogP contribution in [-0.2, 0) is 21.5 Å². The van der Waals surface area contributed by atoms with Gasteiger partial charge in [-0.3, -0.25) is 4.79 Å². The molecule has 1 fully saturated rings. The van der Waals surface area contributed by atoms with E-state index in [9.17, 15) is 18.4 Å². The molecule has 26 heavy (non-hydrogen) atoms. The average Bonchev–Trinajstić information content (AvgIpc) is 3.09. The Hall–Kier alpha value is -2.32. The molecule has 138 valence electrons. The van der Waals surface area contributed by atoms with Crippen molar-refractivity contribution in [3.63, 3.8) is 0 Å². The number of ether oxygens (including phenoxy) is 1. The number of carbonyl (C=O) groups is 2. The van der Waals surface area contributed by atoms with Gasteiger partial charge >= 0.3 is 5.97 Å². The number of thiophene rings is 1. The van der Waals surface area contributed by atoms with Crippen LogP contribution in [0.4, 0.5) is 8.78 Å². The quantitative estimate of drug-likeness (QED) is 0.835. The van der Waals surface area contributed by atoms with Crippen LogP contribution in [0.1, 0.15) is 33.0 Å². The lowest BCUT2D eigenvalue weighted by Crippen LogP contribution is -2.48. The van der Waals surface area contributed by atoms with Crippen LogP contribution in [0.2, 0.25) is 0 Å². The van der Waals surface area contributed by atoms with E-state index in [-0.39, 0.29) is 35.7 Å². The molecule has 8 heteroatoms. The first-order valence-electron chi connectivity index (χ1n) is 8.06. The second-order valence-electron chi connectivity index (χ2n) is 6.07. The molecule has 1 aliphatic rings. The first-order valence-corrected chi connectivity index (χ1v) is 8.87. The van der Waals surface area contributed by atoms with Crippen LogP contribution in [0.15, 0.2) is 30.3 Å². The molecule has 1 aromatic carbocycles. The zero-order valence-electron chi connectivity index (χ0n) is 13.8. The lowest BCUT2D eigenvalue weighted by molar-refractivity contribution is -0.130. The van der Waals surface area contributed by atoms with E-state index in [1.807, 2.05) is 0 Å². The highest BCUT2D eigenvalue weighted by atomic mass is 32.1. The highest BCUT2D eigenvalue weighted by molar-refractivity contribution is 7.13. The van der Waals surface area contributed by atoms with Gasteiger partial charge < -0.3 is 15.2 Å². The predicted molar refractivity (Wildman–Crippen MR) is 91.2 cm³/mol. The van der Waals surface area contributed by atoms with Gasteiger partial charge in [0.25, 0.3) is 0 Å². The summed E-state index contributed by atoms with van der Waals surface area (Å²) in [6, 6.07) is 6.32. The molecular weight excluding hydrogens is 364 g/mol. The van der Waals surface area contributed by atoms with E-state index in [0.717, 1.165) is 23.5 Å². The third-order valence-electron chi connectivity index (χ3n) is 4.52. The molecule has 3 rings (SSSR count). The largest absolute Gasteiger partial charge is 0.477 e. The molecule has 0 saturated carbocycles. The number of hydrogen-bond acceptors (Lipinski definition) is 4. The maximum atomic E-state index is 14.4. The summed E-state index contributed by atoms with van der Waals surface area (Å²) in [7, 11) is 0. The molecule has 5 nitrogen and oxygen atoms in total. The fraction of sp³-hybridized carbons (Fsp3) is 0.333. The molecule has 1 aromatic heterocycles. The maximum absolute atomic E-state index is 14.4. The van der Waals surface area contributed by atoms with Crippen LogP contribution < -0.4 is 5.32 Å². The highest BCUT2D eigenvalue weighted by Crippen LogP contribution is 2.37. The second-order valence-corrected chi connectivity index (χ2v) is 7.24. The fourth-order valence-electron chi connectivity index (χ4n) is 3.14. The Kier molecular flexibility index (Phi) is 5.33. The van der Waals surface area contributed by atoms with Gasteiger partial charge in [0, 0.05) is 29.7 Å². The highest BCUT2D eigenvalue weighted by Gasteiger charge is 2.43. The molecule has 1 aliphatic heterocycles. The molecule has 0 spiro atoms. The summed E-state index contributed by atoms with van der Waals surface area (Å²) >= 11 is 1.07. The summed E-state index contributed by atoms with van der Waals surface area (Å²) < 4.78 is 33.0. The van der Waals surface area contributed by atoms with Crippen LogP contribution in [0.25, 0.3) is 0 Å². The third kappa shape index (κ3) is 3.61. The smallest absolute Gasteiger partial charge is 0.345 e. The summed E-state index contributed by atoms with van der Waals surface area (Å²) in [5.41, 5.74) is -0.986. The zero-order chi connectivity index (χ0) is 18.7. The van der Waals surface area contributed by atoms with Gasteiger partial charge in [0.1, 0.15) is 16.5 Å². The van der Waals surface area contributed by atoms with Gasteiger partial charge in [-0.05, 0) is 31.0 Å². The van der Waals surface area contributed by atoms with Gasteiger partial charge in [-0.1, -0.05) is 6.07 Å². The molecule has 2 heterocycles. The van der Waals surface area contributed by atoms with Crippen molar-refractivity contribution in [2.24, 2.45) is 0 Å². The van der Waals surface area contributed by atoms with E-state index in [0.29, 0.717) is 18.1 Å². The van der Waals surface area contributed by atoms with Gasteiger partial charge in [0.2, 0.25) is 5.91 Å². The Balaban J connectivity index is 1.82. The first-order chi connectivity index (χ1) is 12.4. The van der Waals surface area contributed by atoms with Gasteiger partial charge in [0.05, 0.1) is 12.0 Å². The van der Waals surface area contributed by atoms with Crippen LogP contribution in [-0.4, -0.2) is 30.2 Å². The predicted octanol–water partition coefficient (Wildman–Crippen LogP) is 3.09. The lowest BCUT2D eigenvalue weighted by atomic mass is 9.73. The molecule has 2 N–H and O–H groups in total. The van der Waals surface area contributed by atoms with Crippen molar-refractivity contribution in [2.45, 2.75) is 24.8 Å². The molecule has 0 aliphatic carbocycles. The number of carbonyl (C=O) groups excluding carboxylic acids is 1. The van der Waals surface area contributed by atoms with E-state index in [4.69, 9.17) is 9.84 Å². The van der Waals surface area contributed by atoms with E-state index in [2.05, 4.69) is 5.32 Å². The van der Waals surface area contributed by atoms with Crippen molar-refractivity contribution in [3.05, 3.63) is 57.3 Å². The van der Waals surface area contributed by atoms with Gasteiger partial charge in [-0.2, -0.15) is 0 Å². The van der Waals surface area contributed by atoms with Gasteiger partial charge in [0.15, 0.2) is 0 Å². The van der Waals surface area contributed by atoms with Crippen molar-refractivity contribution < 1.29 is 28.2 Å². The summed E-state index contributed by atoms with van der Waals surface area (Å²) in [6.07, 6.45) is 0.568. The lowest BCUT2D eigenvalue weighted by Gasteiger charge is -2.36. The summed E-state index contributed by atoms with van der Waals surface area (Å²) in [6.45, 7) is 0.737. The number of halogens is 2. The van der Waals surface area contributed by atoms with Crippen molar-refractivity contribution in [1.82, 2.24) is 5.32 Å². The average molecular weight is 381 g/mol. The Bertz CT molecular complexity index is 830. The van der Waals surface area contributed by atoms with Crippen LogP contribution >= 0.6 is 11.3 Å². The Morgan fingerprint density at radius 3 is 2.54 bits per heavy atom. The summed E-state index contributed by atoms with van der Waals surface area (Å²) in [5, 5.41) is 11.7. The SMILES string of the molecule is O=C(O)c1ccc(CNC(=O)C2(c3ccc(F)cc3F)CCOCC2)s1. The Morgan fingerprint density at radius 2 is 1.92 bits per heavy atom. The Labute approximate surface area is 152 Å². The first kappa shape index (κ1) is 18.5. The second kappa shape index (κ2) is 7.51. The van der Waals surface area contributed by atoms with Crippen molar-refractivity contribution in [1.29, 1.82) is 0 Å². The standard InChI is InChI=1S/C18H17F2NO4S/c19-11-1-3-13(14(20)9-11)18(5-7-25-8-6-18)17(24)21-10-12-2-4-15(26-12)16(22)23/h1-4,9H,5-8,10H2,(H,21,24)(H,22,23). The minimum Gasteiger partial charge on any atom is -0.477 e. The van der Waals surface area contributed by atoms with Crippen molar-refractivity contribution in [2.75, 3.05) is 13.2 Å². The zero-order valence-corrected chi connectivity index (χ0v) is 14.6. The number of rotatable bonds is 5. The van der Waals surface area contributed by atoms with Gasteiger partial charge in [-0.25, -0.2) is 13.6 Å². The molecule has 0 radical (unpaired) electrons. The number of carboxylic acids is 1. The normalized spacial score (nSPS) is 16.2. The topological polar surface area (TPSA) is 75.6 Å². The summed E-state index contributed by atoms with van der Waals surface area (Å²) in [4.78, 5) is 24.7. The maximum Gasteiger partial charge on any atom is 0.345 e. The third-order valence-corrected chi connectivity index (χ3v) is 5.60. The number of amides is 1. The monoisotopic (exact) mass is 381 g/mol. The van der Waals surface area contributed by atoms with Crippen LogP contribution in [0.3, 0.4) is 0 Å². The summed E-state index contributed by atoms with van der Waals surface area (Å²) in [5.74, 6) is -2.86. The fourth-order valence-corrected chi connectivity index (χ4v) is 3.93. The molecule has 1 amide bonds. The van der Waals surface area contributed by atoms with E-state index in [1.165, 1.54) is 12.1 Å². The molecule has 1 saturated heterocycles. The molecular formula is C18H17F2NO4S. The van der Waals surface area contributed by atoms with Crippen molar-refractivity contribution in [3.8, 4) is 0 Å². The molecule has 0 unspecified atom stereocenters. The molecule has 0 bridgehead atoms. The van der Waals surface area contributed by atoms with E-state index in [1.54, 1.807) is 6.07 Å². The number of carboxylic acid groups (broad SMARTS) is 1.